The van der Waals surface area contributed by atoms with E-state index in [9.17, 15) is 18.4 Å². The number of carbonyl (C=O) groups excluding carboxylic acids is 2. The average Bonchev–Trinajstić information content (AvgIpc) is 2.02. The number of halogens is 2. The molecule has 0 rings (SSSR count). The monoisotopic (exact) mass is 166 g/mol. The van der Waals surface area contributed by atoms with Crippen LogP contribution < -0.4 is 0 Å². The largest absolute Gasteiger partial charge is 0.391 e. The molecular formula is C6H8F2O3. The lowest BCUT2D eigenvalue weighted by Crippen LogP contribution is -2.23. The Hall–Kier alpha value is -1.00. The summed E-state index contributed by atoms with van der Waals surface area (Å²) in [7, 11) is 0. The van der Waals surface area contributed by atoms with E-state index < -0.39 is 24.8 Å². The Morgan fingerprint density at radius 2 is 2.09 bits per heavy atom. The molecule has 0 N–H and O–H groups in total. The van der Waals surface area contributed by atoms with E-state index in [0.717, 1.165) is 0 Å². The van der Waals surface area contributed by atoms with E-state index in [-0.39, 0.29) is 6.42 Å². The molecule has 0 amide bonds. The SMILES string of the molecule is CCC(=O)OC(=O)C(F)CF. The second-order valence-corrected chi connectivity index (χ2v) is 1.77. The van der Waals surface area contributed by atoms with Crippen LogP contribution in [0.3, 0.4) is 0 Å². The second-order valence-electron chi connectivity index (χ2n) is 1.77. The highest BCUT2D eigenvalue weighted by Gasteiger charge is 2.20. The summed E-state index contributed by atoms with van der Waals surface area (Å²) in [4.78, 5) is 20.6. The van der Waals surface area contributed by atoms with E-state index in [1.165, 1.54) is 6.92 Å². The van der Waals surface area contributed by atoms with Crippen molar-refractivity contribution in [3.8, 4) is 0 Å². The van der Waals surface area contributed by atoms with Crippen LogP contribution in [0, 0.1) is 0 Å². The molecular weight excluding hydrogens is 158 g/mol. The van der Waals surface area contributed by atoms with Gasteiger partial charge in [0.25, 0.3) is 0 Å². The summed E-state index contributed by atoms with van der Waals surface area (Å²) in [6.07, 6.45) is -2.38. The lowest BCUT2D eigenvalue weighted by Gasteiger charge is -2.01. The minimum Gasteiger partial charge on any atom is -0.391 e. The molecule has 1 unspecified atom stereocenters. The first-order valence-corrected chi connectivity index (χ1v) is 3.06. The van der Waals surface area contributed by atoms with Crippen molar-refractivity contribution in [1.29, 1.82) is 0 Å². The van der Waals surface area contributed by atoms with Crippen LogP contribution in [0.2, 0.25) is 0 Å². The average molecular weight is 166 g/mol. The number of carbonyl (C=O) groups is 2. The van der Waals surface area contributed by atoms with Crippen LogP contribution in [0.25, 0.3) is 0 Å². The fraction of sp³-hybridized carbons (Fsp3) is 0.667. The summed E-state index contributed by atoms with van der Waals surface area (Å²) in [5, 5.41) is 0. The maximum absolute atomic E-state index is 12.0. The highest BCUT2D eigenvalue weighted by molar-refractivity contribution is 5.87. The number of hydrogen-bond acceptors (Lipinski definition) is 3. The van der Waals surface area contributed by atoms with Gasteiger partial charge in [-0.2, -0.15) is 0 Å². The summed E-state index contributed by atoms with van der Waals surface area (Å²) in [5.74, 6) is -2.31. The minimum atomic E-state index is -2.34. The summed E-state index contributed by atoms with van der Waals surface area (Å²) in [6, 6.07) is 0. The first-order valence-electron chi connectivity index (χ1n) is 3.06. The Morgan fingerprint density at radius 3 is 2.45 bits per heavy atom. The van der Waals surface area contributed by atoms with E-state index >= 15 is 0 Å². The van der Waals surface area contributed by atoms with E-state index in [1.807, 2.05) is 0 Å². The Bertz CT molecular complexity index is 158. The third-order valence-corrected chi connectivity index (χ3v) is 0.894. The molecule has 0 aromatic rings. The highest BCUT2D eigenvalue weighted by Crippen LogP contribution is 1.97. The highest BCUT2D eigenvalue weighted by atomic mass is 19.2. The van der Waals surface area contributed by atoms with Gasteiger partial charge in [-0.05, 0) is 0 Å². The Labute approximate surface area is 62.3 Å². The molecule has 0 fully saturated rings. The van der Waals surface area contributed by atoms with Crippen molar-refractivity contribution in [2.75, 3.05) is 6.67 Å². The van der Waals surface area contributed by atoms with Crippen LogP contribution in [0.15, 0.2) is 0 Å². The second kappa shape index (κ2) is 4.76. The van der Waals surface area contributed by atoms with Gasteiger partial charge in [-0.15, -0.1) is 0 Å². The molecule has 1 atom stereocenters. The molecule has 0 saturated carbocycles. The van der Waals surface area contributed by atoms with Crippen molar-refractivity contribution in [3.63, 3.8) is 0 Å². The van der Waals surface area contributed by atoms with Crippen LogP contribution in [-0.2, 0) is 14.3 Å². The predicted molar refractivity (Wildman–Crippen MR) is 32.3 cm³/mol. The van der Waals surface area contributed by atoms with Gasteiger partial charge >= 0.3 is 11.9 Å². The molecule has 0 aliphatic heterocycles. The summed E-state index contributed by atoms with van der Waals surface area (Å²) in [5.41, 5.74) is 0. The molecule has 11 heavy (non-hydrogen) atoms. The van der Waals surface area contributed by atoms with Gasteiger partial charge in [0.15, 0.2) is 0 Å². The van der Waals surface area contributed by atoms with Gasteiger partial charge < -0.3 is 4.74 Å². The Morgan fingerprint density at radius 1 is 1.55 bits per heavy atom. The molecule has 0 aliphatic carbocycles. The zero-order valence-electron chi connectivity index (χ0n) is 5.97. The molecule has 0 bridgehead atoms. The molecule has 0 aromatic heterocycles. The van der Waals surface area contributed by atoms with Crippen molar-refractivity contribution in [2.45, 2.75) is 19.5 Å². The quantitative estimate of drug-likeness (QED) is 0.459. The normalized spacial score (nSPS) is 12.3. The molecule has 0 radical (unpaired) electrons. The minimum absolute atomic E-state index is 0.0370. The molecule has 0 heterocycles. The Balaban J connectivity index is 3.77. The molecule has 5 heteroatoms. The van der Waals surface area contributed by atoms with Crippen molar-refractivity contribution >= 4 is 11.9 Å². The summed E-state index contributed by atoms with van der Waals surface area (Å²) in [6.45, 7) is -0.0197. The van der Waals surface area contributed by atoms with Gasteiger partial charge in [-0.1, -0.05) is 6.92 Å². The molecule has 0 aromatic carbocycles. The van der Waals surface area contributed by atoms with Crippen molar-refractivity contribution < 1.29 is 23.1 Å². The molecule has 0 saturated heterocycles. The summed E-state index contributed by atoms with van der Waals surface area (Å²) < 4.78 is 27.3. The molecule has 0 spiro atoms. The van der Waals surface area contributed by atoms with Gasteiger partial charge in [-0.3, -0.25) is 4.79 Å². The van der Waals surface area contributed by atoms with Crippen molar-refractivity contribution in [2.24, 2.45) is 0 Å². The lowest BCUT2D eigenvalue weighted by molar-refractivity contribution is -0.163. The maximum Gasteiger partial charge on any atom is 0.351 e. The standard InChI is InChI=1S/C6H8F2O3/c1-2-5(9)11-6(10)4(8)3-7/h4H,2-3H2,1H3. The first-order chi connectivity index (χ1) is 5.11. The van der Waals surface area contributed by atoms with E-state index in [2.05, 4.69) is 4.74 Å². The van der Waals surface area contributed by atoms with Gasteiger partial charge in [0.2, 0.25) is 6.17 Å². The van der Waals surface area contributed by atoms with E-state index in [4.69, 9.17) is 0 Å². The van der Waals surface area contributed by atoms with Gasteiger partial charge in [-0.25, -0.2) is 13.6 Å². The van der Waals surface area contributed by atoms with Crippen LogP contribution in [0.5, 0.6) is 0 Å². The topological polar surface area (TPSA) is 43.4 Å². The molecule has 3 nitrogen and oxygen atoms in total. The third-order valence-electron chi connectivity index (χ3n) is 0.894. The van der Waals surface area contributed by atoms with Crippen molar-refractivity contribution in [1.82, 2.24) is 0 Å². The zero-order chi connectivity index (χ0) is 8.85. The van der Waals surface area contributed by atoms with Crippen molar-refractivity contribution in [3.05, 3.63) is 0 Å². The Kier molecular flexibility index (Phi) is 4.33. The number of rotatable bonds is 3. The molecule has 64 valence electrons. The van der Waals surface area contributed by atoms with E-state index in [0.29, 0.717) is 0 Å². The number of alkyl halides is 2. The molecule has 0 aliphatic rings. The first kappa shape index (κ1) is 10.0. The lowest BCUT2D eigenvalue weighted by atomic mass is 10.4. The fourth-order valence-electron chi connectivity index (χ4n) is 0.311. The van der Waals surface area contributed by atoms with E-state index in [1.54, 1.807) is 0 Å². The van der Waals surface area contributed by atoms with Gasteiger partial charge in [0.05, 0.1) is 0 Å². The smallest absolute Gasteiger partial charge is 0.351 e. The van der Waals surface area contributed by atoms with Crippen LogP contribution in [-0.4, -0.2) is 24.8 Å². The maximum atomic E-state index is 12.0. The third kappa shape index (κ3) is 3.64. The van der Waals surface area contributed by atoms with Crippen LogP contribution >= 0.6 is 0 Å². The summed E-state index contributed by atoms with van der Waals surface area (Å²) >= 11 is 0. The number of hydrogen-bond donors (Lipinski definition) is 0. The van der Waals surface area contributed by atoms with Crippen LogP contribution in [0.4, 0.5) is 8.78 Å². The predicted octanol–water partition coefficient (Wildman–Crippen LogP) is 0.774. The fourth-order valence-corrected chi connectivity index (χ4v) is 0.311. The van der Waals surface area contributed by atoms with Gasteiger partial charge in [0.1, 0.15) is 6.67 Å². The van der Waals surface area contributed by atoms with Crippen LogP contribution in [0.1, 0.15) is 13.3 Å². The van der Waals surface area contributed by atoms with Gasteiger partial charge in [0, 0.05) is 6.42 Å². The number of esters is 2. The number of ether oxygens (including phenoxy) is 1. The zero-order valence-corrected chi connectivity index (χ0v) is 5.97.